The lowest BCUT2D eigenvalue weighted by molar-refractivity contribution is 0.298. The van der Waals surface area contributed by atoms with Crippen molar-refractivity contribution in [1.82, 2.24) is 25.4 Å². The van der Waals surface area contributed by atoms with E-state index in [1.807, 2.05) is 18.2 Å². The van der Waals surface area contributed by atoms with Gasteiger partial charge in [0.1, 0.15) is 24.5 Å². The number of nitrogens with zero attached hydrogens (tertiary/aromatic N) is 4. The first-order chi connectivity index (χ1) is 13.3. The number of H-pyrrole nitrogens is 1. The molecule has 7 heteroatoms. The van der Waals surface area contributed by atoms with Crippen LogP contribution < -0.4 is 10.1 Å². The van der Waals surface area contributed by atoms with Gasteiger partial charge in [0.05, 0.1) is 6.54 Å². The summed E-state index contributed by atoms with van der Waals surface area (Å²) in [7, 11) is 0. The van der Waals surface area contributed by atoms with E-state index in [9.17, 15) is 0 Å². The molecule has 1 aliphatic heterocycles. The molecule has 0 radical (unpaired) electrons. The quantitative estimate of drug-likeness (QED) is 0.446. The molecule has 1 saturated heterocycles. The van der Waals surface area contributed by atoms with Crippen LogP contribution in [0.15, 0.2) is 48.2 Å². The normalized spacial score (nSPS) is 15.6. The Morgan fingerprint density at radius 2 is 2.22 bits per heavy atom. The summed E-state index contributed by atoms with van der Waals surface area (Å²) in [6, 6.07) is 8.03. The van der Waals surface area contributed by atoms with Crippen molar-refractivity contribution in [3.63, 3.8) is 0 Å². The van der Waals surface area contributed by atoms with E-state index in [1.165, 1.54) is 0 Å². The van der Waals surface area contributed by atoms with Crippen molar-refractivity contribution in [2.24, 2.45) is 4.99 Å². The fraction of sp³-hybridized carbons (Fsp3) is 0.450. The van der Waals surface area contributed by atoms with E-state index in [0.29, 0.717) is 19.1 Å². The summed E-state index contributed by atoms with van der Waals surface area (Å²) in [5.74, 6) is 3.25. The number of likely N-dealkylation sites (tertiary alicyclic amines) is 1. The van der Waals surface area contributed by atoms with Crippen LogP contribution in [-0.2, 0) is 6.54 Å². The minimum Gasteiger partial charge on any atom is -0.489 e. The number of piperidine rings is 1. The van der Waals surface area contributed by atoms with E-state index in [2.05, 4.69) is 45.0 Å². The molecule has 2 N–H and O–H groups in total. The Kier molecular flexibility index (Phi) is 6.84. The Hall–Kier alpha value is -2.83. The van der Waals surface area contributed by atoms with Crippen molar-refractivity contribution in [1.29, 1.82) is 0 Å². The van der Waals surface area contributed by atoms with Gasteiger partial charge in [-0.15, -0.1) is 0 Å². The van der Waals surface area contributed by atoms with Gasteiger partial charge in [-0.05, 0) is 25.8 Å². The number of aliphatic imine (C=N–C) groups is 1. The molecule has 0 amide bonds. The standard InChI is InChI=1S/C20H28N6O/c1-3-13-27-18-8-6-5-7-17(18)14-22-20(21-4-2)26-11-9-16(10-12-26)19-23-15-24-25-19/h3,5-8,15-16H,1,4,9-14H2,2H3,(H,21,22)(H,23,24,25). The molecule has 0 saturated carbocycles. The predicted octanol–water partition coefficient (Wildman–Crippen LogP) is 2.71. The van der Waals surface area contributed by atoms with E-state index in [-0.39, 0.29) is 0 Å². The molecule has 0 spiro atoms. The van der Waals surface area contributed by atoms with Crippen LogP contribution >= 0.6 is 0 Å². The maximum Gasteiger partial charge on any atom is 0.194 e. The van der Waals surface area contributed by atoms with Crippen LogP contribution in [-0.4, -0.2) is 52.3 Å². The number of hydrogen-bond acceptors (Lipinski definition) is 4. The first kappa shape index (κ1) is 18.9. The van der Waals surface area contributed by atoms with Gasteiger partial charge < -0.3 is 15.0 Å². The number of hydrogen-bond donors (Lipinski definition) is 2. The molecule has 27 heavy (non-hydrogen) atoms. The van der Waals surface area contributed by atoms with Gasteiger partial charge in [0.2, 0.25) is 0 Å². The van der Waals surface area contributed by atoms with Crippen LogP contribution in [0.3, 0.4) is 0 Å². The van der Waals surface area contributed by atoms with Gasteiger partial charge in [0.25, 0.3) is 0 Å². The molecule has 1 aliphatic rings. The van der Waals surface area contributed by atoms with E-state index < -0.39 is 0 Å². The van der Waals surface area contributed by atoms with Gasteiger partial charge in [-0.1, -0.05) is 30.9 Å². The van der Waals surface area contributed by atoms with Gasteiger partial charge in [0, 0.05) is 31.1 Å². The number of guanidine groups is 1. The Morgan fingerprint density at radius 3 is 2.93 bits per heavy atom. The molecule has 144 valence electrons. The average molecular weight is 368 g/mol. The second kappa shape index (κ2) is 9.75. The van der Waals surface area contributed by atoms with Gasteiger partial charge in [0.15, 0.2) is 5.96 Å². The number of nitrogens with one attached hydrogen (secondary N) is 2. The molecule has 1 fully saturated rings. The second-order valence-corrected chi connectivity index (χ2v) is 6.51. The van der Waals surface area contributed by atoms with E-state index in [4.69, 9.17) is 9.73 Å². The molecule has 0 bridgehead atoms. The molecular formula is C20H28N6O. The summed E-state index contributed by atoms with van der Waals surface area (Å²) in [4.78, 5) is 11.5. The minimum atomic E-state index is 0.444. The Bertz CT molecular complexity index is 735. The molecule has 0 aliphatic carbocycles. The number of rotatable bonds is 7. The maximum atomic E-state index is 5.74. The van der Waals surface area contributed by atoms with Crippen LogP contribution in [0.25, 0.3) is 0 Å². The molecule has 2 heterocycles. The number of para-hydroxylation sites is 1. The summed E-state index contributed by atoms with van der Waals surface area (Å²) in [5, 5.41) is 10.4. The van der Waals surface area contributed by atoms with Crippen LogP contribution in [0.2, 0.25) is 0 Å². The van der Waals surface area contributed by atoms with Crippen molar-refractivity contribution in [3.8, 4) is 5.75 Å². The second-order valence-electron chi connectivity index (χ2n) is 6.51. The van der Waals surface area contributed by atoms with Crippen molar-refractivity contribution < 1.29 is 4.74 Å². The van der Waals surface area contributed by atoms with E-state index >= 15 is 0 Å². The third kappa shape index (κ3) is 5.09. The molecule has 0 unspecified atom stereocenters. The van der Waals surface area contributed by atoms with Gasteiger partial charge >= 0.3 is 0 Å². The molecule has 1 aromatic carbocycles. The fourth-order valence-corrected chi connectivity index (χ4v) is 3.29. The third-order valence-electron chi connectivity index (χ3n) is 4.68. The van der Waals surface area contributed by atoms with Crippen LogP contribution in [0.1, 0.15) is 37.1 Å². The monoisotopic (exact) mass is 368 g/mol. The van der Waals surface area contributed by atoms with Gasteiger partial charge in [-0.3, -0.25) is 5.10 Å². The van der Waals surface area contributed by atoms with Crippen molar-refractivity contribution >= 4 is 5.96 Å². The van der Waals surface area contributed by atoms with Crippen LogP contribution in [0.4, 0.5) is 0 Å². The maximum absolute atomic E-state index is 5.74. The lowest BCUT2D eigenvalue weighted by Gasteiger charge is -2.33. The highest BCUT2D eigenvalue weighted by Gasteiger charge is 2.24. The van der Waals surface area contributed by atoms with Crippen LogP contribution in [0, 0.1) is 0 Å². The minimum absolute atomic E-state index is 0.444. The lowest BCUT2D eigenvalue weighted by atomic mass is 9.96. The molecule has 3 rings (SSSR count). The molecule has 1 aromatic heterocycles. The topological polar surface area (TPSA) is 78.4 Å². The van der Waals surface area contributed by atoms with E-state index in [0.717, 1.165) is 55.6 Å². The Morgan fingerprint density at radius 1 is 1.41 bits per heavy atom. The van der Waals surface area contributed by atoms with Crippen molar-refractivity contribution in [2.75, 3.05) is 26.2 Å². The molecule has 2 aromatic rings. The highest BCUT2D eigenvalue weighted by molar-refractivity contribution is 5.80. The summed E-state index contributed by atoms with van der Waals surface area (Å²) in [5.41, 5.74) is 1.08. The van der Waals surface area contributed by atoms with Crippen molar-refractivity contribution in [3.05, 3.63) is 54.6 Å². The molecular weight excluding hydrogens is 340 g/mol. The zero-order valence-corrected chi connectivity index (χ0v) is 15.9. The van der Waals surface area contributed by atoms with Crippen molar-refractivity contribution in [2.45, 2.75) is 32.2 Å². The smallest absolute Gasteiger partial charge is 0.194 e. The zero-order chi connectivity index (χ0) is 18.9. The summed E-state index contributed by atoms with van der Waals surface area (Å²) >= 11 is 0. The largest absolute Gasteiger partial charge is 0.489 e. The summed E-state index contributed by atoms with van der Waals surface area (Å²) in [6.07, 6.45) is 5.42. The van der Waals surface area contributed by atoms with Gasteiger partial charge in [-0.25, -0.2) is 9.98 Å². The lowest BCUT2D eigenvalue weighted by Crippen LogP contribution is -2.45. The van der Waals surface area contributed by atoms with Gasteiger partial charge in [-0.2, -0.15) is 5.10 Å². The number of ether oxygens (including phenoxy) is 1. The van der Waals surface area contributed by atoms with Crippen LogP contribution in [0.5, 0.6) is 5.75 Å². The first-order valence-corrected chi connectivity index (χ1v) is 9.52. The Labute approximate surface area is 160 Å². The third-order valence-corrected chi connectivity index (χ3v) is 4.68. The number of aromatic amines is 1. The average Bonchev–Trinajstić information content (AvgIpc) is 3.25. The predicted molar refractivity (Wildman–Crippen MR) is 107 cm³/mol. The number of aromatic nitrogens is 3. The highest BCUT2D eigenvalue weighted by atomic mass is 16.5. The SMILES string of the molecule is C=CCOc1ccccc1CN=C(NCC)N1CCC(c2ncn[nH]2)CC1. The zero-order valence-electron chi connectivity index (χ0n) is 15.9. The number of benzene rings is 1. The molecule has 7 nitrogen and oxygen atoms in total. The van der Waals surface area contributed by atoms with E-state index in [1.54, 1.807) is 12.4 Å². The Balaban J connectivity index is 1.64. The fourth-order valence-electron chi connectivity index (χ4n) is 3.29. The highest BCUT2D eigenvalue weighted by Crippen LogP contribution is 2.25. The molecule has 0 atom stereocenters. The summed E-state index contributed by atoms with van der Waals surface area (Å²) in [6.45, 7) is 9.63. The summed E-state index contributed by atoms with van der Waals surface area (Å²) < 4.78 is 5.74. The first-order valence-electron chi connectivity index (χ1n) is 9.52.